The van der Waals surface area contributed by atoms with Crippen molar-refractivity contribution in [3.05, 3.63) is 70.7 Å². The van der Waals surface area contributed by atoms with Crippen LogP contribution >= 0.6 is 0 Å². The van der Waals surface area contributed by atoms with E-state index in [0.29, 0.717) is 0 Å². The fourth-order valence-corrected chi connectivity index (χ4v) is 4.89. The summed E-state index contributed by atoms with van der Waals surface area (Å²) in [5, 5.41) is 11.1. The molecule has 0 bridgehead atoms. The normalized spacial score (nSPS) is 17.9. The molecule has 0 saturated heterocycles. The Morgan fingerprint density at radius 1 is 1.29 bits per heavy atom. The van der Waals surface area contributed by atoms with Crippen LogP contribution in [0.2, 0.25) is 0 Å². The summed E-state index contributed by atoms with van der Waals surface area (Å²) in [5.41, 5.74) is 6.62. The number of aliphatic hydroxyl groups excluding tert-OH is 1. The zero-order valence-corrected chi connectivity index (χ0v) is 19.2. The van der Waals surface area contributed by atoms with Gasteiger partial charge in [0.25, 0.3) is 0 Å². The molecule has 0 fully saturated rings. The molecule has 0 amide bonds. The van der Waals surface area contributed by atoms with Crippen LogP contribution in [-0.4, -0.2) is 33.7 Å². The summed E-state index contributed by atoms with van der Waals surface area (Å²) in [6.07, 6.45) is 5.75. The van der Waals surface area contributed by atoms with Crippen molar-refractivity contribution in [3.8, 4) is 17.0 Å². The van der Waals surface area contributed by atoms with Crippen molar-refractivity contribution in [2.75, 3.05) is 14.2 Å². The molecule has 1 aliphatic heterocycles. The molecular formula is C25H28CoN3O2-. The molecule has 5 nitrogen and oxygen atoms in total. The molecule has 2 heterocycles. The maximum atomic E-state index is 11.1. The van der Waals surface area contributed by atoms with Crippen molar-refractivity contribution < 1.29 is 26.6 Å². The Labute approximate surface area is 194 Å². The number of hydrogen-bond donors (Lipinski definition) is 1. The van der Waals surface area contributed by atoms with Gasteiger partial charge in [-0.2, -0.15) is 12.1 Å². The van der Waals surface area contributed by atoms with Crippen molar-refractivity contribution >= 4 is 0 Å². The fourth-order valence-electron chi connectivity index (χ4n) is 4.89. The van der Waals surface area contributed by atoms with Gasteiger partial charge in [-0.05, 0) is 43.5 Å². The second-order valence-electron chi connectivity index (χ2n) is 8.47. The number of nitrogens with zero attached hydrogens (tertiary/aromatic N) is 3. The zero-order chi connectivity index (χ0) is 20.8. The molecule has 1 radical (unpaired) electrons. The Morgan fingerprint density at radius 2 is 2.13 bits per heavy atom. The molecule has 2 aromatic carbocycles. The monoisotopic (exact) mass is 461 g/mol. The Hall–Kier alpha value is -2.12. The predicted octanol–water partition coefficient (Wildman–Crippen LogP) is 4.22. The standard InChI is InChI=1S/C25H28N3O2.Co/c1-16-6-7-19(14-23(16)30-3)25(29)27(2)22-11-10-17-8-9-18(13-20(17)22)21-15-28-12-4-5-24(28)26-21;/h7-9,13-15,22,25,29H,4-5,10-12H2,1-3H3;/q-1;/t22-,25?;/m1./s1. The number of benzene rings is 2. The van der Waals surface area contributed by atoms with E-state index in [1.165, 1.54) is 23.4 Å². The summed E-state index contributed by atoms with van der Waals surface area (Å²) >= 11 is 0. The quantitative estimate of drug-likeness (QED) is 0.457. The smallest absolute Gasteiger partial charge is 0.109 e. The first-order valence-corrected chi connectivity index (χ1v) is 10.7. The molecular weight excluding hydrogens is 433 g/mol. The minimum Gasteiger partial charge on any atom is -0.554 e. The summed E-state index contributed by atoms with van der Waals surface area (Å²) < 4.78 is 7.69. The molecule has 1 aliphatic carbocycles. The van der Waals surface area contributed by atoms with Crippen LogP contribution in [0.15, 0.2) is 36.5 Å². The van der Waals surface area contributed by atoms with E-state index in [9.17, 15) is 5.11 Å². The SMILES string of the molecule is COc1cc(C(O)N(C)[C@@H]2CCc3ccc(-c4cn5c(n4)CCC5)cc32)c[c-]c1C.[Co]. The predicted molar refractivity (Wildman–Crippen MR) is 116 cm³/mol. The average Bonchev–Trinajstić information content (AvgIpc) is 3.47. The summed E-state index contributed by atoms with van der Waals surface area (Å²) in [5.74, 6) is 1.95. The van der Waals surface area contributed by atoms with Gasteiger partial charge in [-0.25, -0.2) is 4.98 Å². The van der Waals surface area contributed by atoms with Gasteiger partial charge in [-0.3, -0.25) is 4.90 Å². The molecule has 31 heavy (non-hydrogen) atoms. The zero-order valence-electron chi connectivity index (χ0n) is 18.2. The first-order chi connectivity index (χ1) is 14.5. The molecule has 0 spiro atoms. The first-order valence-electron chi connectivity index (χ1n) is 10.7. The molecule has 1 N–H and O–H groups in total. The molecule has 1 aromatic heterocycles. The third kappa shape index (κ3) is 3.93. The Morgan fingerprint density at radius 3 is 2.90 bits per heavy atom. The summed E-state index contributed by atoms with van der Waals surface area (Å²) in [4.78, 5) is 6.90. The van der Waals surface area contributed by atoms with Crippen LogP contribution in [0.5, 0.6) is 5.75 Å². The second-order valence-corrected chi connectivity index (χ2v) is 8.47. The van der Waals surface area contributed by atoms with Gasteiger partial charge in [0.2, 0.25) is 0 Å². The molecule has 3 aromatic rings. The minimum atomic E-state index is -0.716. The molecule has 2 atom stereocenters. The summed E-state index contributed by atoms with van der Waals surface area (Å²) in [6.45, 7) is 3.03. The fraction of sp³-hybridized carbons (Fsp3) is 0.400. The van der Waals surface area contributed by atoms with Crippen LogP contribution in [-0.2, 0) is 36.2 Å². The number of fused-ring (bicyclic) bond motifs is 2. The number of rotatable bonds is 5. The molecule has 0 saturated carbocycles. The molecule has 165 valence electrons. The van der Waals surface area contributed by atoms with Crippen LogP contribution in [0.4, 0.5) is 0 Å². The van der Waals surface area contributed by atoms with E-state index in [-0.39, 0.29) is 22.8 Å². The molecule has 5 rings (SSSR count). The maximum absolute atomic E-state index is 11.1. The van der Waals surface area contributed by atoms with E-state index in [1.807, 2.05) is 26.1 Å². The summed E-state index contributed by atoms with van der Waals surface area (Å²) in [6, 6.07) is 13.8. The van der Waals surface area contributed by atoms with Gasteiger partial charge in [-0.1, -0.05) is 19.1 Å². The van der Waals surface area contributed by atoms with Crippen molar-refractivity contribution in [2.45, 2.75) is 51.4 Å². The third-order valence-corrected chi connectivity index (χ3v) is 6.66. The van der Waals surface area contributed by atoms with Crippen LogP contribution in [0, 0.1) is 13.0 Å². The Balaban J connectivity index is 0.00000231. The number of imidazole rings is 1. The number of ether oxygens (including phenoxy) is 1. The van der Waals surface area contributed by atoms with Crippen LogP contribution < -0.4 is 4.74 Å². The van der Waals surface area contributed by atoms with Gasteiger partial charge in [0, 0.05) is 53.3 Å². The van der Waals surface area contributed by atoms with E-state index in [4.69, 9.17) is 9.72 Å². The molecule has 2 aliphatic rings. The first kappa shape index (κ1) is 22.1. The number of aromatic nitrogens is 2. The van der Waals surface area contributed by atoms with Gasteiger partial charge in [0.05, 0.1) is 19.0 Å². The largest absolute Gasteiger partial charge is 0.554 e. The van der Waals surface area contributed by atoms with Gasteiger partial charge in [0.15, 0.2) is 0 Å². The average molecular weight is 461 g/mol. The van der Waals surface area contributed by atoms with Gasteiger partial charge in [-0.15, -0.1) is 17.2 Å². The van der Waals surface area contributed by atoms with Crippen LogP contribution in [0.3, 0.4) is 0 Å². The van der Waals surface area contributed by atoms with Crippen LogP contribution in [0.1, 0.15) is 53.2 Å². The van der Waals surface area contributed by atoms with E-state index in [1.54, 1.807) is 7.11 Å². The van der Waals surface area contributed by atoms with Crippen LogP contribution in [0.25, 0.3) is 11.3 Å². The number of hydrogen-bond acceptors (Lipinski definition) is 4. The van der Waals surface area contributed by atoms with Gasteiger partial charge < -0.3 is 14.4 Å². The van der Waals surface area contributed by atoms with Crippen molar-refractivity contribution in [3.63, 3.8) is 0 Å². The van der Waals surface area contributed by atoms with Crippen molar-refractivity contribution in [1.29, 1.82) is 0 Å². The maximum Gasteiger partial charge on any atom is 0.109 e. The van der Waals surface area contributed by atoms with Gasteiger partial charge >= 0.3 is 0 Å². The molecule has 1 unspecified atom stereocenters. The number of aryl methyl sites for hydroxylation is 4. The van der Waals surface area contributed by atoms with Gasteiger partial charge in [0.1, 0.15) is 5.82 Å². The second kappa shape index (κ2) is 8.78. The number of methoxy groups -OCH3 is 1. The van der Waals surface area contributed by atoms with E-state index in [0.717, 1.165) is 53.9 Å². The Bertz CT molecular complexity index is 1070. The number of aliphatic hydroxyl groups is 1. The molecule has 6 heteroatoms. The van der Waals surface area contributed by atoms with Crippen molar-refractivity contribution in [1.82, 2.24) is 14.5 Å². The van der Waals surface area contributed by atoms with Crippen molar-refractivity contribution in [2.24, 2.45) is 0 Å². The van der Waals surface area contributed by atoms with E-state index >= 15 is 0 Å². The Kier molecular flexibility index (Phi) is 6.26. The van der Waals surface area contributed by atoms with E-state index < -0.39 is 6.23 Å². The third-order valence-electron chi connectivity index (χ3n) is 6.66. The minimum absolute atomic E-state index is 0. The van der Waals surface area contributed by atoms with E-state index in [2.05, 4.69) is 39.9 Å². The summed E-state index contributed by atoms with van der Waals surface area (Å²) in [7, 11) is 3.64. The topological polar surface area (TPSA) is 50.5 Å².